The standard InChI is InChI=1S/C9H11IO/c1-8(10)11-7-9-5-3-2-4-6-9/h2-6,8H,7H2,1H3/t8-/m1/s1. The molecule has 0 amide bonds. The Hall–Kier alpha value is -0.0900. The van der Waals surface area contributed by atoms with Crippen LogP contribution in [0.25, 0.3) is 0 Å². The summed E-state index contributed by atoms with van der Waals surface area (Å²) < 4.78 is 5.70. The molecule has 2 heteroatoms. The summed E-state index contributed by atoms with van der Waals surface area (Å²) in [6, 6.07) is 10.2. The van der Waals surface area contributed by atoms with E-state index in [4.69, 9.17) is 4.74 Å². The molecule has 0 bridgehead atoms. The first-order chi connectivity index (χ1) is 5.29. The summed E-state index contributed by atoms with van der Waals surface area (Å²) in [5, 5.41) is 0. The lowest BCUT2D eigenvalue weighted by atomic mass is 10.2. The molecule has 60 valence electrons. The fourth-order valence-electron chi connectivity index (χ4n) is 0.785. The van der Waals surface area contributed by atoms with Gasteiger partial charge in [0.15, 0.2) is 0 Å². The highest BCUT2D eigenvalue weighted by molar-refractivity contribution is 14.1. The van der Waals surface area contributed by atoms with Crippen LogP contribution >= 0.6 is 22.6 Å². The van der Waals surface area contributed by atoms with Gasteiger partial charge < -0.3 is 4.74 Å². The van der Waals surface area contributed by atoms with E-state index in [-0.39, 0.29) is 4.11 Å². The maximum atomic E-state index is 5.41. The SMILES string of the molecule is C[C@H](I)OCc1ccccc1. The lowest BCUT2D eigenvalue weighted by molar-refractivity contribution is 0.121. The molecule has 0 aliphatic rings. The van der Waals surface area contributed by atoms with E-state index >= 15 is 0 Å². The molecule has 0 saturated heterocycles. The first-order valence-corrected chi connectivity index (χ1v) is 4.83. The highest BCUT2D eigenvalue weighted by Gasteiger charge is 1.94. The molecule has 0 N–H and O–H groups in total. The van der Waals surface area contributed by atoms with Crippen LogP contribution in [0.2, 0.25) is 0 Å². The van der Waals surface area contributed by atoms with E-state index in [1.807, 2.05) is 25.1 Å². The summed E-state index contributed by atoms with van der Waals surface area (Å²) in [6.45, 7) is 2.74. The van der Waals surface area contributed by atoms with E-state index in [0.717, 1.165) is 0 Å². The summed E-state index contributed by atoms with van der Waals surface area (Å²) in [6.07, 6.45) is 0. The molecule has 0 heterocycles. The van der Waals surface area contributed by atoms with Crippen LogP contribution in [0.1, 0.15) is 12.5 Å². The van der Waals surface area contributed by atoms with Gasteiger partial charge in [0.1, 0.15) is 4.11 Å². The Labute approximate surface area is 80.9 Å². The molecule has 1 aromatic rings. The van der Waals surface area contributed by atoms with Gasteiger partial charge in [-0.25, -0.2) is 0 Å². The van der Waals surface area contributed by atoms with Gasteiger partial charge in [-0.1, -0.05) is 52.9 Å². The van der Waals surface area contributed by atoms with Gasteiger partial charge >= 0.3 is 0 Å². The van der Waals surface area contributed by atoms with Crippen molar-refractivity contribution < 1.29 is 4.74 Å². The van der Waals surface area contributed by atoms with Crippen molar-refractivity contribution in [3.63, 3.8) is 0 Å². The Morgan fingerprint density at radius 3 is 2.55 bits per heavy atom. The van der Waals surface area contributed by atoms with Gasteiger partial charge in [0.25, 0.3) is 0 Å². The first-order valence-electron chi connectivity index (χ1n) is 3.58. The monoisotopic (exact) mass is 262 g/mol. The van der Waals surface area contributed by atoms with E-state index < -0.39 is 0 Å². The number of rotatable bonds is 3. The highest BCUT2D eigenvalue weighted by Crippen LogP contribution is 2.06. The first kappa shape index (κ1) is 9.00. The predicted octanol–water partition coefficient (Wildman–Crippen LogP) is 2.98. The quantitative estimate of drug-likeness (QED) is 0.601. The maximum Gasteiger partial charge on any atom is 0.106 e. The minimum atomic E-state index is 0.285. The van der Waals surface area contributed by atoms with Crippen LogP contribution in [-0.4, -0.2) is 4.11 Å². The Balaban J connectivity index is 2.39. The Morgan fingerprint density at radius 2 is 2.00 bits per heavy atom. The van der Waals surface area contributed by atoms with Crippen LogP contribution < -0.4 is 0 Å². The van der Waals surface area contributed by atoms with Crippen molar-refractivity contribution in [1.82, 2.24) is 0 Å². The molecule has 0 radical (unpaired) electrons. The zero-order chi connectivity index (χ0) is 8.10. The number of hydrogen-bond acceptors (Lipinski definition) is 1. The van der Waals surface area contributed by atoms with Crippen LogP contribution in [0.3, 0.4) is 0 Å². The molecule has 1 rings (SSSR count). The summed E-state index contributed by atoms with van der Waals surface area (Å²) in [7, 11) is 0. The number of benzene rings is 1. The van der Waals surface area contributed by atoms with Crippen molar-refractivity contribution >= 4 is 22.6 Å². The Bertz CT molecular complexity index is 196. The van der Waals surface area contributed by atoms with Gasteiger partial charge in [-0.15, -0.1) is 0 Å². The van der Waals surface area contributed by atoms with Gasteiger partial charge in [0.05, 0.1) is 6.61 Å². The van der Waals surface area contributed by atoms with Crippen molar-refractivity contribution in [2.75, 3.05) is 0 Å². The second-order valence-electron chi connectivity index (χ2n) is 2.34. The van der Waals surface area contributed by atoms with Gasteiger partial charge in [0.2, 0.25) is 0 Å². The van der Waals surface area contributed by atoms with Crippen molar-refractivity contribution in [3.05, 3.63) is 35.9 Å². The molecule has 1 aromatic carbocycles. The number of halogens is 1. The molecule has 0 aliphatic carbocycles. The molecule has 0 spiro atoms. The van der Waals surface area contributed by atoms with Crippen molar-refractivity contribution in [2.45, 2.75) is 17.6 Å². The number of alkyl halides is 1. The minimum Gasteiger partial charge on any atom is -0.363 e. The largest absolute Gasteiger partial charge is 0.363 e. The van der Waals surface area contributed by atoms with Crippen molar-refractivity contribution in [2.24, 2.45) is 0 Å². The fraction of sp³-hybridized carbons (Fsp3) is 0.333. The van der Waals surface area contributed by atoms with E-state index in [1.165, 1.54) is 5.56 Å². The second kappa shape index (κ2) is 4.72. The minimum absolute atomic E-state index is 0.285. The van der Waals surface area contributed by atoms with Crippen LogP contribution in [0, 0.1) is 0 Å². The van der Waals surface area contributed by atoms with Gasteiger partial charge in [-0.3, -0.25) is 0 Å². The molecule has 1 atom stereocenters. The normalized spacial score (nSPS) is 12.9. The van der Waals surface area contributed by atoms with E-state index in [2.05, 4.69) is 34.7 Å². The third-order valence-electron chi connectivity index (χ3n) is 1.32. The molecular weight excluding hydrogens is 251 g/mol. The summed E-state index contributed by atoms with van der Waals surface area (Å²) in [5.74, 6) is 0. The van der Waals surface area contributed by atoms with Crippen LogP contribution in [0.15, 0.2) is 30.3 Å². The maximum absolute atomic E-state index is 5.41. The smallest absolute Gasteiger partial charge is 0.106 e. The van der Waals surface area contributed by atoms with Crippen LogP contribution in [0.5, 0.6) is 0 Å². The lowest BCUT2D eigenvalue weighted by Crippen LogP contribution is -1.98. The molecule has 0 saturated carbocycles. The summed E-state index contributed by atoms with van der Waals surface area (Å²) in [4.78, 5) is 0. The van der Waals surface area contributed by atoms with E-state index in [1.54, 1.807) is 0 Å². The predicted molar refractivity (Wildman–Crippen MR) is 54.7 cm³/mol. The van der Waals surface area contributed by atoms with Crippen LogP contribution in [0.4, 0.5) is 0 Å². The van der Waals surface area contributed by atoms with E-state index in [0.29, 0.717) is 6.61 Å². The molecule has 11 heavy (non-hydrogen) atoms. The molecule has 0 aliphatic heterocycles. The fourth-order valence-corrected chi connectivity index (χ4v) is 0.965. The molecule has 0 aromatic heterocycles. The highest BCUT2D eigenvalue weighted by atomic mass is 127. The Morgan fingerprint density at radius 1 is 1.36 bits per heavy atom. The van der Waals surface area contributed by atoms with Gasteiger partial charge in [0, 0.05) is 0 Å². The lowest BCUT2D eigenvalue weighted by Gasteiger charge is -2.04. The molecular formula is C9H11IO. The second-order valence-corrected chi connectivity index (χ2v) is 4.09. The molecule has 1 nitrogen and oxygen atoms in total. The number of ether oxygens (including phenoxy) is 1. The summed E-state index contributed by atoms with van der Waals surface area (Å²) >= 11 is 2.25. The summed E-state index contributed by atoms with van der Waals surface area (Å²) in [5.41, 5.74) is 1.23. The van der Waals surface area contributed by atoms with Gasteiger partial charge in [-0.2, -0.15) is 0 Å². The zero-order valence-electron chi connectivity index (χ0n) is 6.46. The third-order valence-corrected chi connectivity index (χ3v) is 1.68. The van der Waals surface area contributed by atoms with Crippen molar-refractivity contribution in [1.29, 1.82) is 0 Å². The van der Waals surface area contributed by atoms with Crippen molar-refractivity contribution in [3.8, 4) is 0 Å². The average molecular weight is 262 g/mol. The molecule has 0 fully saturated rings. The zero-order valence-corrected chi connectivity index (χ0v) is 8.61. The third kappa shape index (κ3) is 3.72. The van der Waals surface area contributed by atoms with E-state index in [9.17, 15) is 0 Å². The average Bonchev–Trinajstić information content (AvgIpc) is 2.03. The number of hydrogen-bond donors (Lipinski definition) is 0. The topological polar surface area (TPSA) is 9.23 Å². The Kier molecular flexibility index (Phi) is 3.86. The van der Waals surface area contributed by atoms with Gasteiger partial charge in [-0.05, 0) is 12.5 Å². The molecule has 0 unspecified atom stereocenters. The van der Waals surface area contributed by atoms with Crippen LogP contribution in [-0.2, 0) is 11.3 Å².